The van der Waals surface area contributed by atoms with Crippen molar-refractivity contribution < 1.29 is 26.4 Å². The third-order valence-electron chi connectivity index (χ3n) is 3.48. The molecule has 0 N–H and O–H groups in total. The van der Waals surface area contributed by atoms with Crippen molar-refractivity contribution in [1.29, 1.82) is 0 Å². The van der Waals surface area contributed by atoms with Gasteiger partial charge in [-0.1, -0.05) is 30.3 Å². The van der Waals surface area contributed by atoms with Gasteiger partial charge in [0, 0.05) is 6.26 Å². The van der Waals surface area contributed by atoms with Crippen LogP contribution in [0.15, 0.2) is 59.5 Å². The van der Waals surface area contributed by atoms with Crippen LogP contribution in [0.5, 0.6) is 0 Å². The van der Waals surface area contributed by atoms with E-state index < -0.39 is 25.6 Å². The van der Waals surface area contributed by atoms with Crippen LogP contribution in [0, 0.1) is 0 Å². The van der Waals surface area contributed by atoms with Gasteiger partial charge < -0.3 is 4.74 Å². The standard InChI is InChI=1S/C18H20O6S2/c1-25(20,21)14-15-7-5-8-16(13-15)18(19)24-11-6-12-26(22,23)17-9-3-2-4-10-17/h2-5,7-10,13H,6,11-12,14H2,1H3. The molecule has 26 heavy (non-hydrogen) atoms. The summed E-state index contributed by atoms with van der Waals surface area (Å²) in [5, 5.41) is 0. The molecule has 0 fully saturated rings. The first-order valence-electron chi connectivity index (χ1n) is 7.89. The van der Waals surface area contributed by atoms with E-state index in [4.69, 9.17) is 4.74 Å². The largest absolute Gasteiger partial charge is 0.462 e. The van der Waals surface area contributed by atoms with Gasteiger partial charge in [-0.15, -0.1) is 0 Å². The average Bonchev–Trinajstić information content (AvgIpc) is 2.58. The monoisotopic (exact) mass is 396 g/mol. The van der Waals surface area contributed by atoms with E-state index in [9.17, 15) is 21.6 Å². The molecule has 0 aliphatic rings. The minimum Gasteiger partial charge on any atom is -0.462 e. The molecule has 0 bridgehead atoms. The average molecular weight is 396 g/mol. The molecule has 0 aromatic heterocycles. The Hall–Kier alpha value is -2.19. The van der Waals surface area contributed by atoms with E-state index in [-0.39, 0.29) is 35.0 Å². The van der Waals surface area contributed by atoms with Crippen LogP contribution in [0.1, 0.15) is 22.3 Å². The van der Waals surface area contributed by atoms with Crippen LogP contribution in [0.2, 0.25) is 0 Å². The summed E-state index contributed by atoms with van der Waals surface area (Å²) in [6.07, 6.45) is 1.29. The molecule has 8 heteroatoms. The molecule has 0 radical (unpaired) electrons. The lowest BCUT2D eigenvalue weighted by molar-refractivity contribution is 0.0505. The van der Waals surface area contributed by atoms with Crippen molar-refractivity contribution in [2.75, 3.05) is 18.6 Å². The number of rotatable bonds is 8. The molecule has 140 valence electrons. The zero-order valence-electron chi connectivity index (χ0n) is 14.3. The highest BCUT2D eigenvalue weighted by atomic mass is 32.2. The number of hydrogen-bond acceptors (Lipinski definition) is 6. The highest BCUT2D eigenvalue weighted by Gasteiger charge is 2.15. The fourth-order valence-corrected chi connectivity index (χ4v) is 4.42. The molecule has 2 aromatic carbocycles. The van der Waals surface area contributed by atoms with Gasteiger partial charge in [0.05, 0.1) is 28.6 Å². The van der Waals surface area contributed by atoms with E-state index in [1.165, 1.54) is 24.3 Å². The van der Waals surface area contributed by atoms with E-state index in [2.05, 4.69) is 0 Å². The Bertz CT molecular complexity index is 964. The number of ether oxygens (including phenoxy) is 1. The summed E-state index contributed by atoms with van der Waals surface area (Å²) >= 11 is 0. The molecule has 2 aromatic rings. The Morgan fingerprint density at radius 2 is 1.65 bits per heavy atom. The first-order valence-corrected chi connectivity index (χ1v) is 11.6. The van der Waals surface area contributed by atoms with Crippen molar-refractivity contribution in [3.8, 4) is 0 Å². The van der Waals surface area contributed by atoms with E-state index in [0.29, 0.717) is 5.56 Å². The molecular formula is C18H20O6S2. The summed E-state index contributed by atoms with van der Waals surface area (Å²) < 4.78 is 52.0. The summed E-state index contributed by atoms with van der Waals surface area (Å²) in [6, 6.07) is 14.3. The quantitative estimate of drug-likeness (QED) is 0.502. The lowest BCUT2D eigenvalue weighted by Gasteiger charge is -2.07. The third-order valence-corrected chi connectivity index (χ3v) is 6.16. The predicted molar refractivity (Wildman–Crippen MR) is 98.4 cm³/mol. The minimum atomic E-state index is -3.41. The fourth-order valence-electron chi connectivity index (χ4n) is 2.33. The summed E-state index contributed by atoms with van der Waals surface area (Å²) in [7, 11) is -6.61. The van der Waals surface area contributed by atoms with Crippen LogP contribution in [-0.2, 0) is 30.2 Å². The second-order valence-corrected chi connectivity index (χ2v) is 10.1. The third kappa shape index (κ3) is 6.27. The Balaban J connectivity index is 1.88. The molecule has 0 aliphatic carbocycles. The van der Waals surface area contributed by atoms with Crippen molar-refractivity contribution in [2.45, 2.75) is 17.1 Å². The lowest BCUT2D eigenvalue weighted by Crippen LogP contribution is -2.12. The van der Waals surface area contributed by atoms with Crippen LogP contribution in [0.3, 0.4) is 0 Å². The SMILES string of the molecule is CS(=O)(=O)Cc1cccc(C(=O)OCCCS(=O)(=O)c2ccccc2)c1. The first kappa shape index (κ1) is 20.1. The molecule has 6 nitrogen and oxygen atoms in total. The molecular weight excluding hydrogens is 376 g/mol. The highest BCUT2D eigenvalue weighted by molar-refractivity contribution is 7.91. The van der Waals surface area contributed by atoms with Gasteiger partial charge >= 0.3 is 5.97 Å². The van der Waals surface area contributed by atoms with Crippen molar-refractivity contribution >= 4 is 25.6 Å². The van der Waals surface area contributed by atoms with Gasteiger partial charge in [-0.2, -0.15) is 0 Å². The second-order valence-electron chi connectivity index (χ2n) is 5.89. The Kier molecular flexibility index (Phi) is 6.55. The highest BCUT2D eigenvalue weighted by Crippen LogP contribution is 2.12. The van der Waals surface area contributed by atoms with Crippen LogP contribution in [-0.4, -0.2) is 41.4 Å². The number of esters is 1. The minimum absolute atomic E-state index is 0.0405. The summed E-state index contributed by atoms with van der Waals surface area (Å²) in [5.41, 5.74) is 0.727. The molecule has 0 amide bonds. The van der Waals surface area contributed by atoms with Gasteiger partial charge in [0.1, 0.15) is 0 Å². The van der Waals surface area contributed by atoms with Crippen LogP contribution in [0.4, 0.5) is 0 Å². The summed E-state index contributed by atoms with van der Waals surface area (Å²) in [6.45, 7) is -0.0405. The maximum Gasteiger partial charge on any atom is 0.338 e. The molecule has 0 atom stereocenters. The van der Waals surface area contributed by atoms with Gasteiger partial charge in [-0.25, -0.2) is 21.6 Å². The van der Waals surface area contributed by atoms with E-state index in [1.807, 2.05) is 0 Å². The number of carbonyl (C=O) groups excluding carboxylic acids is 1. The molecule has 0 aliphatic heterocycles. The van der Waals surface area contributed by atoms with Crippen molar-refractivity contribution in [2.24, 2.45) is 0 Å². The Morgan fingerprint density at radius 1 is 0.962 bits per heavy atom. The van der Waals surface area contributed by atoms with Crippen molar-refractivity contribution in [1.82, 2.24) is 0 Å². The number of hydrogen-bond donors (Lipinski definition) is 0. The Labute approximate surface area is 153 Å². The number of benzene rings is 2. The molecule has 0 saturated heterocycles. The van der Waals surface area contributed by atoms with E-state index in [0.717, 1.165) is 6.26 Å². The number of carbonyl (C=O) groups is 1. The summed E-state index contributed by atoms with van der Waals surface area (Å²) in [4.78, 5) is 12.3. The predicted octanol–water partition coefficient (Wildman–Crippen LogP) is 2.25. The Morgan fingerprint density at radius 3 is 2.31 bits per heavy atom. The van der Waals surface area contributed by atoms with Gasteiger partial charge in [-0.3, -0.25) is 0 Å². The fraction of sp³-hybridized carbons (Fsp3) is 0.278. The molecule has 0 saturated carbocycles. The summed E-state index contributed by atoms with van der Waals surface area (Å²) in [5.74, 6) is -0.903. The number of sulfone groups is 2. The van der Waals surface area contributed by atoms with Crippen molar-refractivity contribution in [3.63, 3.8) is 0 Å². The molecule has 2 rings (SSSR count). The van der Waals surface area contributed by atoms with E-state index >= 15 is 0 Å². The zero-order valence-corrected chi connectivity index (χ0v) is 15.9. The van der Waals surface area contributed by atoms with Crippen molar-refractivity contribution in [3.05, 3.63) is 65.7 Å². The van der Waals surface area contributed by atoms with Gasteiger partial charge in [0.15, 0.2) is 19.7 Å². The lowest BCUT2D eigenvalue weighted by atomic mass is 10.1. The van der Waals surface area contributed by atoms with Crippen LogP contribution < -0.4 is 0 Å². The van der Waals surface area contributed by atoms with Gasteiger partial charge in [0.2, 0.25) is 0 Å². The molecule has 0 heterocycles. The first-order chi connectivity index (χ1) is 12.2. The second kappa shape index (κ2) is 8.46. The zero-order chi connectivity index (χ0) is 19.2. The maximum absolute atomic E-state index is 12.1. The van der Waals surface area contributed by atoms with Gasteiger partial charge in [-0.05, 0) is 36.2 Å². The van der Waals surface area contributed by atoms with Gasteiger partial charge in [0.25, 0.3) is 0 Å². The van der Waals surface area contributed by atoms with Crippen LogP contribution >= 0.6 is 0 Å². The van der Waals surface area contributed by atoms with E-state index in [1.54, 1.807) is 30.3 Å². The molecule has 0 unspecified atom stereocenters. The maximum atomic E-state index is 12.1. The topological polar surface area (TPSA) is 94.6 Å². The van der Waals surface area contributed by atoms with Crippen LogP contribution in [0.25, 0.3) is 0 Å². The normalized spacial score (nSPS) is 11.9. The molecule has 0 spiro atoms. The smallest absolute Gasteiger partial charge is 0.338 e.